The Morgan fingerprint density at radius 2 is 0.877 bits per heavy atom. The molecule has 0 heterocycles. The van der Waals surface area contributed by atoms with Gasteiger partial charge in [0.2, 0.25) is 0 Å². The van der Waals surface area contributed by atoms with Crippen molar-refractivity contribution in [1.82, 2.24) is 26.6 Å². The number of benzene rings is 3. The molecule has 3 rings (SSSR count). The van der Waals surface area contributed by atoms with E-state index >= 15 is 0 Å². The number of carboxylic acid groups (broad SMARTS) is 3. The van der Waals surface area contributed by atoms with E-state index in [4.69, 9.17) is 12.3 Å². The molecule has 0 radical (unpaired) electrons. The van der Waals surface area contributed by atoms with Crippen molar-refractivity contribution in [3.63, 3.8) is 0 Å². The maximum atomic E-state index is 12.8. The summed E-state index contributed by atoms with van der Waals surface area (Å²) in [6.07, 6.45) is 2.24. The van der Waals surface area contributed by atoms with E-state index in [0.29, 0.717) is 58.3 Å². The number of nitrogens with one attached hydrogen (secondary N) is 5. The highest BCUT2D eigenvalue weighted by Crippen LogP contribution is 2.30. The minimum absolute atomic E-state index is 0.0444. The number of amides is 3. The lowest BCUT2D eigenvalue weighted by molar-refractivity contribution is 0.0682. The Hall–Kier alpha value is -4.85. The average Bonchev–Trinajstić information content (AvgIpc) is 3.23. The summed E-state index contributed by atoms with van der Waals surface area (Å²) >= 11 is 0. The Bertz CT molecular complexity index is 2110. The summed E-state index contributed by atoms with van der Waals surface area (Å²) < 4.78 is 21.1. The summed E-state index contributed by atoms with van der Waals surface area (Å²) in [5.41, 5.74) is 0.465. The quantitative estimate of drug-likeness (QED) is 0.0284. The molecule has 21 heteroatoms. The van der Waals surface area contributed by atoms with Gasteiger partial charge in [0.1, 0.15) is 0 Å². The van der Waals surface area contributed by atoms with Crippen LogP contribution in [-0.2, 0) is 12.3 Å². The number of hydrogen-bond acceptors (Lipinski definition) is 11. The molecule has 0 aliphatic rings. The first-order valence-corrected chi connectivity index (χ1v) is 33.5. The van der Waals surface area contributed by atoms with Gasteiger partial charge in [-0.05, 0) is 139 Å². The van der Waals surface area contributed by atoms with Gasteiger partial charge >= 0.3 is 35.0 Å². The van der Waals surface area contributed by atoms with Crippen molar-refractivity contribution in [3.8, 4) is 0 Å². The predicted octanol–water partition coefficient (Wildman–Crippen LogP) is 5.95. The molecule has 0 saturated heterocycles. The second-order valence-electron chi connectivity index (χ2n) is 17.5. The van der Waals surface area contributed by atoms with Gasteiger partial charge in [0.25, 0.3) is 17.7 Å². The van der Waals surface area contributed by atoms with Crippen molar-refractivity contribution >= 4 is 69.4 Å². The number of hydrogen-bond donors (Lipinski definition) is 8. The molecule has 1 unspecified atom stereocenters. The molecule has 3 aromatic carbocycles. The molecule has 17 nitrogen and oxygen atoms in total. The minimum atomic E-state index is -2.86. The smallest absolute Gasteiger partial charge is 0.336 e. The lowest BCUT2D eigenvalue weighted by Crippen LogP contribution is -2.58. The van der Waals surface area contributed by atoms with E-state index in [-0.39, 0.29) is 39.3 Å². The van der Waals surface area contributed by atoms with Gasteiger partial charge in [-0.2, -0.15) is 0 Å². The molecule has 0 saturated carbocycles. The minimum Gasteiger partial charge on any atom is -0.478 e. The molecule has 0 aliphatic heterocycles. The summed E-state index contributed by atoms with van der Waals surface area (Å²) in [6, 6.07) is 20.4. The fourth-order valence-electron chi connectivity index (χ4n) is 7.51. The van der Waals surface area contributed by atoms with Crippen LogP contribution in [0.25, 0.3) is 0 Å². The molecule has 8 N–H and O–H groups in total. The molecule has 1 atom stereocenters. The van der Waals surface area contributed by atoms with Crippen LogP contribution >= 0.6 is 0 Å². The van der Waals surface area contributed by atoms with Crippen LogP contribution in [0, 0.1) is 0 Å². The van der Waals surface area contributed by atoms with Crippen LogP contribution in [0.15, 0.2) is 72.8 Å². The first kappa shape index (κ1) is 54.5. The molecule has 0 aromatic heterocycles. The number of aromatic carboxylic acids is 3. The first-order chi connectivity index (χ1) is 30.5. The molecule has 3 aromatic rings. The van der Waals surface area contributed by atoms with E-state index in [0.717, 1.165) is 24.9 Å². The molecule has 3 amide bonds. The average molecular weight is 970 g/mol. The molecule has 0 spiro atoms. The third-order valence-electron chi connectivity index (χ3n) is 10.2. The van der Waals surface area contributed by atoms with Crippen molar-refractivity contribution in [2.24, 2.45) is 0 Å². The Morgan fingerprint density at radius 1 is 0.446 bits per heavy atom. The summed E-state index contributed by atoms with van der Waals surface area (Å²) in [6.45, 7) is 18.2. The first-order valence-electron chi connectivity index (χ1n) is 21.9. The Morgan fingerprint density at radius 3 is 1.38 bits per heavy atom. The van der Waals surface area contributed by atoms with Crippen molar-refractivity contribution in [2.45, 2.75) is 83.2 Å². The lowest BCUT2D eigenvalue weighted by atomic mass is 10.1. The Labute approximate surface area is 386 Å². The van der Waals surface area contributed by atoms with Crippen LogP contribution in [0.4, 0.5) is 0 Å². The van der Waals surface area contributed by atoms with Crippen LogP contribution in [0.2, 0.25) is 64.0 Å². The zero-order chi connectivity index (χ0) is 48.3. The van der Waals surface area contributed by atoms with Crippen LogP contribution in [0.1, 0.15) is 81.4 Å². The van der Waals surface area contributed by atoms with Gasteiger partial charge in [-0.1, -0.05) is 30.3 Å². The molecule has 65 heavy (non-hydrogen) atoms. The van der Waals surface area contributed by atoms with E-state index in [1.165, 1.54) is 42.5 Å². The third kappa shape index (κ3) is 19.7. The van der Waals surface area contributed by atoms with Gasteiger partial charge in [-0.15, -0.1) is 0 Å². The number of carbonyl (C=O) groups excluding carboxylic acids is 3. The predicted molar refractivity (Wildman–Crippen MR) is 259 cm³/mol. The number of carbonyl (C=O) groups is 6. The fourth-order valence-corrected chi connectivity index (χ4v) is 27.3. The molecule has 0 bridgehead atoms. The van der Waals surface area contributed by atoms with Crippen LogP contribution in [-0.4, -0.2) is 131 Å². The third-order valence-corrected chi connectivity index (χ3v) is 26.4. The van der Waals surface area contributed by atoms with Crippen molar-refractivity contribution in [3.05, 3.63) is 106 Å². The van der Waals surface area contributed by atoms with E-state index in [9.17, 15) is 44.1 Å². The molecular formula is C44H67N5O12Si4. The zero-order valence-electron chi connectivity index (χ0n) is 38.6. The Balaban J connectivity index is 1.55. The highest BCUT2D eigenvalue weighted by atomic mass is 28.5. The van der Waals surface area contributed by atoms with Crippen molar-refractivity contribution in [2.75, 3.05) is 45.8 Å². The standard InChI is InChI=1S/C44H67N5O12Si4/c1-62(2,30-15-24-47-40(51)35-18-8-10-20-37(35)43(55)56)59-64(5,6)61-65(7,31-14-23-46-25-27-48-39(50)33-16-12-17-34(32-33)42(53)54)60-63(3,4)29-13-22-45-26-28-49-41(52)36-19-9-11-21-38(36)44(57)58/h8-12,16-21,32,45-46H,13-15,22-31H2,1-7H3,(H,47,51)(H,48,50)(H,49,52)(H,53,54)(H,55,56)(H,57,58). The maximum Gasteiger partial charge on any atom is 0.336 e. The fraction of sp³-hybridized carbons (Fsp3) is 0.455. The largest absolute Gasteiger partial charge is 0.478 e. The SMILES string of the molecule is C[Si](C)(CCCNC(=O)c1ccccc1C(=O)O)O[Si](C)(C)O[Si](C)(CCCNCCNC(=O)c1cccc(C(=O)O)c1)O[Si](C)(C)CCCNCCNC(=O)c1ccccc1C(=O)O. The summed E-state index contributed by atoms with van der Waals surface area (Å²) in [5.74, 6) is -4.64. The highest BCUT2D eigenvalue weighted by Gasteiger charge is 2.45. The van der Waals surface area contributed by atoms with Crippen LogP contribution < -0.4 is 26.6 Å². The van der Waals surface area contributed by atoms with E-state index < -0.39 is 63.5 Å². The summed E-state index contributed by atoms with van der Waals surface area (Å²) in [7, 11) is -10.2. The van der Waals surface area contributed by atoms with E-state index in [1.807, 2.05) is 13.1 Å². The van der Waals surface area contributed by atoms with Gasteiger partial charge in [-0.25, -0.2) is 14.4 Å². The lowest BCUT2D eigenvalue weighted by Gasteiger charge is -2.43. The second kappa shape index (κ2) is 25.7. The number of rotatable bonds is 30. The highest BCUT2D eigenvalue weighted by molar-refractivity contribution is 6.89. The van der Waals surface area contributed by atoms with Crippen molar-refractivity contribution < 1.29 is 56.4 Å². The number of carboxylic acids is 3. The topological polar surface area (TPSA) is 251 Å². The van der Waals surface area contributed by atoms with Crippen LogP contribution in [0.3, 0.4) is 0 Å². The van der Waals surface area contributed by atoms with Gasteiger partial charge in [0, 0.05) is 38.3 Å². The van der Waals surface area contributed by atoms with E-state index in [1.54, 1.807) is 30.3 Å². The van der Waals surface area contributed by atoms with Crippen LogP contribution in [0.5, 0.6) is 0 Å². The zero-order valence-corrected chi connectivity index (χ0v) is 42.6. The van der Waals surface area contributed by atoms with Gasteiger partial charge in [-0.3, -0.25) is 14.4 Å². The monoisotopic (exact) mass is 969 g/mol. The van der Waals surface area contributed by atoms with Gasteiger partial charge in [0.15, 0.2) is 16.6 Å². The summed E-state index contributed by atoms with van der Waals surface area (Å²) in [4.78, 5) is 72.4. The normalized spacial score (nSPS) is 12.8. The second-order valence-corrected chi connectivity index (χ2v) is 33.6. The molecule has 0 fully saturated rings. The molecule has 0 aliphatic carbocycles. The van der Waals surface area contributed by atoms with Gasteiger partial charge in [0.05, 0.1) is 27.8 Å². The maximum absolute atomic E-state index is 12.8. The van der Waals surface area contributed by atoms with Gasteiger partial charge < -0.3 is 54.2 Å². The van der Waals surface area contributed by atoms with E-state index in [2.05, 4.69) is 59.3 Å². The molecular weight excluding hydrogens is 903 g/mol. The van der Waals surface area contributed by atoms with Crippen molar-refractivity contribution in [1.29, 1.82) is 0 Å². The molecule has 356 valence electrons. The summed E-state index contributed by atoms with van der Waals surface area (Å²) in [5, 5.41) is 43.3. The Kier molecular flexibility index (Phi) is 21.6.